The van der Waals surface area contributed by atoms with Gasteiger partial charge in [0.2, 0.25) is 5.91 Å². The molecule has 2 aromatic rings. The number of likely N-dealkylation sites (N-methyl/N-ethyl adjacent to an activating group) is 1. The summed E-state index contributed by atoms with van der Waals surface area (Å²) in [6.45, 7) is 3.26. The highest BCUT2D eigenvalue weighted by Gasteiger charge is 2.11. The Morgan fingerprint density at radius 2 is 1.87 bits per heavy atom. The van der Waals surface area contributed by atoms with Crippen molar-refractivity contribution < 1.29 is 13.9 Å². The molecule has 4 nitrogen and oxygen atoms in total. The summed E-state index contributed by atoms with van der Waals surface area (Å²) in [5, 5.41) is 2.58. The molecule has 0 aliphatic heterocycles. The Balaban J connectivity index is 1.93. The molecular weight excluding hydrogens is 295 g/mol. The molecule has 1 amide bonds. The summed E-state index contributed by atoms with van der Waals surface area (Å²) >= 11 is 0. The van der Waals surface area contributed by atoms with Gasteiger partial charge < -0.3 is 10.1 Å². The zero-order chi connectivity index (χ0) is 16.7. The van der Waals surface area contributed by atoms with Gasteiger partial charge in [-0.1, -0.05) is 30.3 Å². The van der Waals surface area contributed by atoms with E-state index in [1.54, 1.807) is 12.1 Å². The van der Waals surface area contributed by atoms with Gasteiger partial charge in [-0.3, -0.25) is 9.69 Å². The predicted octanol–water partition coefficient (Wildman–Crippen LogP) is 3.29. The van der Waals surface area contributed by atoms with Gasteiger partial charge in [0.05, 0.1) is 18.8 Å². The van der Waals surface area contributed by atoms with Gasteiger partial charge in [-0.15, -0.1) is 0 Å². The lowest BCUT2D eigenvalue weighted by atomic mass is 10.2. The third-order valence-corrected chi connectivity index (χ3v) is 3.27. The van der Waals surface area contributed by atoms with Gasteiger partial charge in [0, 0.05) is 12.1 Å². The summed E-state index contributed by atoms with van der Waals surface area (Å²) in [5.41, 5.74) is 1.20. The molecule has 23 heavy (non-hydrogen) atoms. The zero-order valence-corrected chi connectivity index (χ0v) is 13.4. The van der Waals surface area contributed by atoms with Crippen molar-refractivity contribution in [1.29, 1.82) is 0 Å². The smallest absolute Gasteiger partial charge is 0.238 e. The molecule has 1 N–H and O–H groups in total. The second-order valence-electron chi connectivity index (χ2n) is 5.24. The summed E-state index contributed by atoms with van der Waals surface area (Å²) in [4.78, 5) is 13.9. The lowest BCUT2D eigenvalue weighted by Crippen LogP contribution is -2.30. The van der Waals surface area contributed by atoms with Crippen LogP contribution in [-0.2, 0) is 11.3 Å². The number of nitrogens with zero attached hydrogens (tertiary/aromatic N) is 1. The number of carbonyl (C=O) groups is 1. The quantitative estimate of drug-likeness (QED) is 0.852. The molecule has 2 rings (SSSR count). The van der Waals surface area contributed by atoms with Gasteiger partial charge >= 0.3 is 0 Å². The average molecular weight is 316 g/mol. The van der Waals surface area contributed by atoms with Gasteiger partial charge in [-0.25, -0.2) is 4.39 Å². The van der Waals surface area contributed by atoms with E-state index in [9.17, 15) is 9.18 Å². The molecular formula is C18H21FN2O2. The first-order valence-electron chi connectivity index (χ1n) is 7.53. The molecule has 0 radical (unpaired) electrons. The van der Waals surface area contributed by atoms with E-state index in [4.69, 9.17) is 4.74 Å². The molecule has 0 heterocycles. The topological polar surface area (TPSA) is 41.6 Å². The fraction of sp³-hybridized carbons (Fsp3) is 0.278. The Morgan fingerprint density at radius 3 is 2.61 bits per heavy atom. The van der Waals surface area contributed by atoms with Crippen LogP contribution in [0.15, 0.2) is 48.5 Å². The minimum absolute atomic E-state index is 0.162. The van der Waals surface area contributed by atoms with E-state index in [1.165, 1.54) is 12.1 Å². The number of halogens is 1. The van der Waals surface area contributed by atoms with E-state index in [-0.39, 0.29) is 18.1 Å². The number of nitrogens with one attached hydrogen (secondary N) is 1. The zero-order valence-electron chi connectivity index (χ0n) is 13.4. The number of hydrogen-bond donors (Lipinski definition) is 1. The summed E-state index contributed by atoms with van der Waals surface area (Å²) in [7, 11) is 1.84. The van der Waals surface area contributed by atoms with Gasteiger partial charge in [-0.2, -0.15) is 0 Å². The third kappa shape index (κ3) is 5.07. The second kappa shape index (κ2) is 8.29. The lowest BCUT2D eigenvalue weighted by Gasteiger charge is -2.18. The largest absolute Gasteiger partial charge is 0.494 e. The van der Waals surface area contributed by atoms with Crippen molar-refractivity contribution in [2.24, 2.45) is 0 Å². The summed E-state index contributed by atoms with van der Waals surface area (Å²) in [6, 6.07) is 13.9. The molecule has 0 atom stereocenters. The van der Waals surface area contributed by atoms with Gasteiger partial charge in [0.1, 0.15) is 11.6 Å². The Labute approximate surface area is 135 Å². The normalized spacial score (nSPS) is 10.6. The maximum absolute atomic E-state index is 13.5. The van der Waals surface area contributed by atoms with Crippen molar-refractivity contribution in [3.63, 3.8) is 0 Å². The van der Waals surface area contributed by atoms with E-state index in [2.05, 4.69) is 5.32 Å². The van der Waals surface area contributed by atoms with Crippen LogP contribution in [0.3, 0.4) is 0 Å². The van der Waals surface area contributed by atoms with Crippen LogP contribution in [0, 0.1) is 5.82 Å². The molecule has 0 saturated heterocycles. The molecule has 0 aliphatic rings. The van der Waals surface area contributed by atoms with Crippen LogP contribution in [0.2, 0.25) is 0 Å². The maximum Gasteiger partial charge on any atom is 0.238 e. The molecule has 0 aromatic heterocycles. The van der Waals surface area contributed by atoms with E-state index in [1.807, 2.05) is 43.1 Å². The fourth-order valence-corrected chi connectivity index (χ4v) is 2.27. The van der Waals surface area contributed by atoms with E-state index in [0.717, 1.165) is 11.3 Å². The van der Waals surface area contributed by atoms with Crippen molar-refractivity contribution in [2.75, 3.05) is 25.5 Å². The molecule has 2 aromatic carbocycles. The molecule has 0 spiro atoms. The molecule has 122 valence electrons. The number of hydrogen-bond acceptors (Lipinski definition) is 3. The average Bonchev–Trinajstić information content (AvgIpc) is 2.51. The number of amides is 1. The van der Waals surface area contributed by atoms with Crippen molar-refractivity contribution >= 4 is 11.6 Å². The monoisotopic (exact) mass is 316 g/mol. The van der Waals surface area contributed by atoms with Crippen molar-refractivity contribution in [1.82, 2.24) is 4.90 Å². The van der Waals surface area contributed by atoms with Crippen LogP contribution in [0.4, 0.5) is 10.1 Å². The van der Waals surface area contributed by atoms with E-state index in [0.29, 0.717) is 13.2 Å². The summed E-state index contributed by atoms with van der Waals surface area (Å²) < 4.78 is 19.1. The van der Waals surface area contributed by atoms with Crippen molar-refractivity contribution in [3.05, 3.63) is 59.9 Å². The summed E-state index contributed by atoms with van der Waals surface area (Å²) in [5.74, 6) is 0.119. The number of para-hydroxylation sites is 2. The molecule has 0 aliphatic carbocycles. The Morgan fingerprint density at radius 1 is 1.17 bits per heavy atom. The molecule has 0 fully saturated rings. The van der Waals surface area contributed by atoms with Crippen LogP contribution in [0.25, 0.3) is 0 Å². The number of carbonyl (C=O) groups excluding carboxylic acids is 1. The van der Waals surface area contributed by atoms with Crippen molar-refractivity contribution in [2.45, 2.75) is 13.5 Å². The Kier molecular flexibility index (Phi) is 6.11. The molecule has 5 heteroatoms. The summed E-state index contributed by atoms with van der Waals surface area (Å²) in [6.07, 6.45) is 0. The SMILES string of the molecule is CCOc1ccccc1CN(C)CC(=O)Nc1ccccc1F. The van der Waals surface area contributed by atoms with Crippen LogP contribution in [-0.4, -0.2) is 31.0 Å². The first kappa shape index (κ1) is 17.0. The van der Waals surface area contributed by atoms with Crippen LogP contribution in [0.1, 0.15) is 12.5 Å². The fourth-order valence-electron chi connectivity index (χ4n) is 2.27. The van der Waals surface area contributed by atoms with Crippen LogP contribution < -0.4 is 10.1 Å². The Bertz CT molecular complexity index is 661. The number of ether oxygens (including phenoxy) is 1. The molecule has 0 bridgehead atoms. The lowest BCUT2D eigenvalue weighted by molar-refractivity contribution is -0.117. The van der Waals surface area contributed by atoms with Crippen LogP contribution >= 0.6 is 0 Å². The first-order chi connectivity index (χ1) is 11.1. The number of anilines is 1. The first-order valence-corrected chi connectivity index (χ1v) is 7.53. The van der Waals surface area contributed by atoms with E-state index >= 15 is 0 Å². The highest BCUT2D eigenvalue weighted by atomic mass is 19.1. The molecule has 0 unspecified atom stereocenters. The predicted molar refractivity (Wildman–Crippen MR) is 89.0 cm³/mol. The maximum atomic E-state index is 13.5. The highest BCUT2D eigenvalue weighted by molar-refractivity contribution is 5.92. The number of rotatable bonds is 7. The standard InChI is InChI=1S/C18H21FN2O2/c1-3-23-17-11-7-4-8-14(17)12-21(2)13-18(22)20-16-10-6-5-9-15(16)19/h4-11H,3,12-13H2,1-2H3,(H,20,22). The minimum Gasteiger partial charge on any atom is -0.494 e. The third-order valence-electron chi connectivity index (χ3n) is 3.27. The van der Waals surface area contributed by atoms with Gasteiger partial charge in [0.25, 0.3) is 0 Å². The van der Waals surface area contributed by atoms with Crippen molar-refractivity contribution in [3.8, 4) is 5.75 Å². The van der Waals surface area contributed by atoms with E-state index < -0.39 is 5.82 Å². The Hall–Kier alpha value is -2.40. The minimum atomic E-state index is -0.440. The highest BCUT2D eigenvalue weighted by Crippen LogP contribution is 2.19. The van der Waals surface area contributed by atoms with Gasteiger partial charge in [-0.05, 0) is 32.2 Å². The molecule has 0 saturated carbocycles. The van der Waals surface area contributed by atoms with Gasteiger partial charge in [0.15, 0.2) is 0 Å². The van der Waals surface area contributed by atoms with Crippen LogP contribution in [0.5, 0.6) is 5.75 Å². The second-order valence-corrected chi connectivity index (χ2v) is 5.24. The number of benzene rings is 2.